The summed E-state index contributed by atoms with van der Waals surface area (Å²) in [5.41, 5.74) is 1.18. The Bertz CT molecular complexity index is 302. The van der Waals surface area contributed by atoms with Gasteiger partial charge in [0, 0.05) is 18.8 Å². The van der Waals surface area contributed by atoms with Gasteiger partial charge >= 0.3 is 0 Å². The molecule has 1 aromatic heterocycles. The van der Waals surface area contributed by atoms with Crippen LogP contribution in [-0.2, 0) is 6.54 Å². The van der Waals surface area contributed by atoms with Crippen LogP contribution in [0.2, 0.25) is 0 Å². The maximum absolute atomic E-state index is 4.39. The Labute approximate surface area is 98.7 Å². The highest BCUT2D eigenvalue weighted by molar-refractivity contribution is 5.03. The lowest BCUT2D eigenvalue weighted by Gasteiger charge is -2.33. The Balaban J connectivity index is 1.86. The Morgan fingerprint density at radius 2 is 2.00 bits per heavy atom. The number of hydrogen-bond donors (Lipinski definition) is 0. The standard InChI is InChI=1S/C14H22N2/c1-12-6-8-14(9-7-12)16(2)11-13-5-3-4-10-15-13/h3-5,10,12,14H,6-9,11H2,1-2H3. The van der Waals surface area contributed by atoms with Gasteiger partial charge in [0.15, 0.2) is 0 Å². The van der Waals surface area contributed by atoms with E-state index < -0.39 is 0 Å². The van der Waals surface area contributed by atoms with Gasteiger partial charge in [0.1, 0.15) is 0 Å². The van der Waals surface area contributed by atoms with E-state index in [0.29, 0.717) is 0 Å². The van der Waals surface area contributed by atoms with Gasteiger partial charge < -0.3 is 0 Å². The monoisotopic (exact) mass is 218 g/mol. The zero-order valence-corrected chi connectivity index (χ0v) is 10.4. The molecule has 0 radical (unpaired) electrons. The van der Waals surface area contributed by atoms with Gasteiger partial charge in [0.2, 0.25) is 0 Å². The average Bonchev–Trinajstić information content (AvgIpc) is 2.31. The van der Waals surface area contributed by atoms with Crippen LogP contribution < -0.4 is 0 Å². The van der Waals surface area contributed by atoms with E-state index in [9.17, 15) is 0 Å². The van der Waals surface area contributed by atoms with Gasteiger partial charge in [0.25, 0.3) is 0 Å². The van der Waals surface area contributed by atoms with Crippen LogP contribution in [0.3, 0.4) is 0 Å². The first kappa shape index (κ1) is 11.6. The zero-order chi connectivity index (χ0) is 11.4. The molecule has 0 spiro atoms. The Hall–Kier alpha value is -0.890. The molecule has 0 aliphatic heterocycles. The van der Waals surface area contributed by atoms with Crippen LogP contribution in [0.15, 0.2) is 24.4 Å². The van der Waals surface area contributed by atoms with Crippen molar-refractivity contribution < 1.29 is 0 Å². The van der Waals surface area contributed by atoms with Crippen molar-refractivity contribution in [3.63, 3.8) is 0 Å². The summed E-state index contributed by atoms with van der Waals surface area (Å²) in [6, 6.07) is 6.92. The SMILES string of the molecule is CC1CCC(N(C)Cc2ccccn2)CC1. The second-order valence-corrected chi connectivity index (χ2v) is 5.15. The smallest absolute Gasteiger partial charge is 0.0543 e. The third kappa shape index (κ3) is 3.05. The molecule has 1 heterocycles. The van der Waals surface area contributed by atoms with E-state index in [2.05, 4.69) is 36.0 Å². The molecule has 1 fully saturated rings. The fourth-order valence-electron chi connectivity index (χ4n) is 2.56. The third-order valence-electron chi connectivity index (χ3n) is 3.75. The van der Waals surface area contributed by atoms with Crippen LogP contribution >= 0.6 is 0 Å². The van der Waals surface area contributed by atoms with Gasteiger partial charge in [0.05, 0.1) is 5.69 Å². The Morgan fingerprint density at radius 1 is 1.25 bits per heavy atom. The molecule has 2 nitrogen and oxygen atoms in total. The van der Waals surface area contributed by atoms with E-state index in [1.54, 1.807) is 0 Å². The predicted molar refractivity (Wildman–Crippen MR) is 67.1 cm³/mol. The van der Waals surface area contributed by atoms with E-state index in [4.69, 9.17) is 0 Å². The number of aromatic nitrogens is 1. The van der Waals surface area contributed by atoms with Crippen molar-refractivity contribution in [2.24, 2.45) is 5.92 Å². The van der Waals surface area contributed by atoms with Crippen molar-refractivity contribution >= 4 is 0 Å². The predicted octanol–water partition coefficient (Wildman–Crippen LogP) is 3.09. The number of pyridine rings is 1. The summed E-state index contributed by atoms with van der Waals surface area (Å²) in [6.45, 7) is 3.36. The molecule has 0 unspecified atom stereocenters. The Kier molecular flexibility index (Phi) is 3.94. The molecular weight excluding hydrogens is 196 g/mol. The molecule has 88 valence electrons. The molecule has 16 heavy (non-hydrogen) atoms. The average molecular weight is 218 g/mol. The fraction of sp³-hybridized carbons (Fsp3) is 0.643. The molecule has 2 rings (SSSR count). The van der Waals surface area contributed by atoms with Crippen molar-refractivity contribution in [3.8, 4) is 0 Å². The number of nitrogens with zero attached hydrogens (tertiary/aromatic N) is 2. The summed E-state index contributed by atoms with van der Waals surface area (Å²) in [7, 11) is 2.23. The first-order chi connectivity index (χ1) is 7.75. The van der Waals surface area contributed by atoms with Crippen LogP contribution in [0.25, 0.3) is 0 Å². The van der Waals surface area contributed by atoms with Crippen molar-refractivity contribution in [3.05, 3.63) is 30.1 Å². The molecule has 0 atom stereocenters. The van der Waals surface area contributed by atoms with Gasteiger partial charge in [-0.3, -0.25) is 9.88 Å². The lowest BCUT2D eigenvalue weighted by molar-refractivity contribution is 0.162. The minimum Gasteiger partial charge on any atom is -0.298 e. The Morgan fingerprint density at radius 3 is 2.62 bits per heavy atom. The molecule has 0 bridgehead atoms. The van der Waals surface area contributed by atoms with Crippen LogP contribution in [0.5, 0.6) is 0 Å². The first-order valence-electron chi connectivity index (χ1n) is 6.36. The minimum atomic E-state index is 0.762. The topological polar surface area (TPSA) is 16.1 Å². The normalized spacial score (nSPS) is 25.9. The van der Waals surface area contributed by atoms with Crippen LogP contribution in [0.4, 0.5) is 0 Å². The summed E-state index contributed by atoms with van der Waals surface area (Å²) < 4.78 is 0. The molecule has 0 saturated heterocycles. The largest absolute Gasteiger partial charge is 0.298 e. The second kappa shape index (κ2) is 5.44. The lowest BCUT2D eigenvalue weighted by Crippen LogP contribution is -2.34. The highest BCUT2D eigenvalue weighted by Crippen LogP contribution is 2.26. The van der Waals surface area contributed by atoms with Crippen molar-refractivity contribution in [2.45, 2.75) is 45.2 Å². The quantitative estimate of drug-likeness (QED) is 0.775. The van der Waals surface area contributed by atoms with E-state index in [-0.39, 0.29) is 0 Å². The van der Waals surface area contributed by atoms with Gasteiger partial charge in [-0.1, -0.05) is 13.0 Å². The maximum Gasteiger partial charge on any atom is 0.0543 e. The van der Waals surface area contributed by atoms with Crippen LogP contribution in [-0.4, -0.2) is 23.0 Å². The van der Waals surface area contributed by atoms with E-state index >= 15 is 0 Å². The molecular formula is C14H22N2. The molecule has 1 saturated carbocycles. The maximum atomic E-state index is 4.39. The number of hydrogen-bond acceptors (Lipinski definition) is 2. The molecule has 0 N–H and O–H groups in total. The molecule has 0 aromatic carbocycles. The van der Waals surface area contributed by atoms with E-state index in [1.165, 1.54) is 31.4 Å². The molecule has 0 amide bonds. The summed E-state index contributed by atoms with van der Waals surface area (Å²) in [4.78, 5) is 6.85. The highest BCUT2D eigenvalue weighted by atomic mass is 15.1. The molecule has 1 aliphatic carbocycles. The van der Waals surface area contributed by atoms with Crippen molar-refractivity contribution in [1.29, 1.82) is 0 Å². The molecule has 2 heteroatoms. The molecule has 1 aromatic rings. The minimum absolute atomic E-state index is 0.762. The summed E-state index contributed by atoms with van der Waals surface area (Å²) in [5.74, 6) is 0.930. The summed E-state index contributed by atoms with van der Waals surface area (Å²) in [6.07, 6.45) is 7.36. The van der Waals surface area contributed by atoms with Crippen molar-refractivity contribution in [1.82, 2.24) is 9.88 Å². The number of rotatable bonds is 3. The second-order valence-electron chi connectivity index (χ2n) is 5.15. The fourth-order valence-corrected chi connectivity index (χ4v) is 2.56. The van der Waals surface area contributed by atoms with Crippen LogP contribution in [0, 0.1) is 5.92 Å². The summed E-state index contributed by atoms with van der Waals surface area (Å²) >= 11 is 0. The molecule has 1 aliphatic rings. The van der Waals surface area contributed by atoms with Gasteiger partial charge in [-0.25, -0.2) is 0 Å². The van der Waals surface area contributed by atoms with E-state index in [1.807, 2.05) is 12.3 Å². The lowest BCUT2D eigenvalue weighted by atomic mass is 9.87. The van der Waals surface area contributed by atoms with E-state index in [0.717, 1.165) is 18.5 Å². The summed E-state index contributed by atoms with van der Waals surface area (Å²) in [5, 5.41) is 0. The van der Waals surface area contributed by atoms with Gasteiger partial charge in [-0.15, -0.1) is 0 Å². The van der Waals surface area contributed by atoms with Gasteiger partial charge in [-0.05, 0) is 50.8 Å². The van der Waals surface area contributed by atoms with Crippen LogP contribution in [0.1, 0.15) is 38.3 Å². The third-order valence-corrected chi connectivity index (χ3v) is 3.75. The first-order valence-corrected chi connectivity index (χ1v) is 6.36. The highest BCUT2D eigenvalue weighted by Gasteiger charge is 2.21. The zero-order valence-electron chi connectivity index (χ0n) is 10.4. The van der Waals surface area contributed by atoms with Crippen molar-refractivity contribution in [2.75, 3.05) is 7.05 Å². The van der Waals surface area contributed by atoms with Gasteiger partial charge in [-0.2, -0.15) is 0 Å².